The van der Waals surface area contributed by atoms with Crippen molar-refractivity contribution in [2.75, 3.05) is 18.1 Å². The molecule has 1 atom stereocenters. The van der Waals surface area contributed by atoms with Crippen molar-refractivity contribution in [3.8, 4) is 0 Å². The van der Waals surface area contributed by atoms with Crippen LogP contribution in [-0.4, -0.2) is 34.8 Å². The van der Waals surface area contributed by atoms with Crippen LogP contribution in [-0.2, 0) is 11.2 Å². The molecule has 3 rings (SSSR count). The molecule has 4 nitrogen and oxygen atoms in total. The molecule has 0 saturated carbocycles. The predicted molar refractivity (Wildman–Crippen MR) is 99.6 cm³/mol. The molecule has 0 aromatic heterocycles. The van der Waals surface area contributed by atoms with Gasteiger partial charge in [-0.15, -0.1) is 0 Å². The average Bonchev–Trinajstić information content (AvgIpc) is 2.54. The van der Waals surface area contributed by atoms with Crippen LogP contribution in [0.15, 0.2) is 29.8 Å². The molecule has 24 heavy (non-hydrogen) atoms. The van der Waals surface area contributed by atoms with E-state index in [-0.39, 0.29) is 17.9 Å². The number of nitrogens with one attached hydrogen (secondary N) is 2. The monoisotopic (exact) mass is 346 g/mol. The van der Waals surface area contributed by atoms with Gasteiger partial charge in [-0.3, -0.25) is 4.79 Å². The number of thioether (sulfide) groups is 1. The minimum atomic E-state index is -0.462. The number of carbonyl (C=O) groups is 1. The Hall–Kier alpha value is -1.46. The minimum Gasteiger partial charge on any atom is -0.396 e. The first-order valence-corrected chi connectivity index (χ1v) is 9.70. The maximum absolute atomic E-state index is 13.0. The maximum atomic E-state index is 13.0. The summed E-state index contributed by atoms with van der Waals surface area (Å²) < 4.78 is 0. The Bertz CT molecular complexity index is 684. The van der Waals surface area contributed by atoms with Crippen molar-refractivity contribution in [2.24, 2.45) is 5.41 Å². The number of hydrogen-bond donors (Lipinski definition) is 3. The lowest BCUT2D eigenvalue weighted by Gasteiger charge is -2.46. The first-order valence-electron chi connectivity index (χ1n) is 8.55. The molecule has 1 aromatic carbocycles. The van der Waals surface area contributed by atoms with Crippen molar-refractivity contribution >= 4 is 23.4 Å². The summed E-state index contributed by atoms with van der Waals surface area (Å²) in [5.74, 6) is 1.44. The molecule has 0 fully saturated rings. The summed E-state index contributed by atoms with van der Waals surface area (Å²) in [5.41, 5.74) is 3.62. The van der Waals surface area contributed by atoms with E-state index < -0.39 is 5.66 Å². The molecule has 1 unspecified atom stereocenters. The molecule has 1 aliphatic heterocycles. The standard InChI is InChI=1S/C19H26N2O2S/c1-4-19(12-24-10-9-22)20-16-14-8-6-5-7-13(14)11-18(2,3)15(16)17(23)21-19/h5-8,20,22H,4,9-12H2,1-3H3,(H,21,23). The molecule has 130 valence electrons. The van der Waals surface area contributed by atoms with Gasteiger partial charge in [-0.25, -0.2) is 0 Å². The van der Waals surface area contributed by atoms with Gasteiger partial charge in [-0.05, 0) is 18.4 Å². The van der Waals surface area contributed by atoms with Crippen molar-refractivity contribution in [1.82, 2.24) is 10.6 Å². The van der Waals surface area contributed by atoms with Crippen LogP contribution in [0.2, 0.25) is 0 Å². The molecule has 3 N–H and O–H groups in total. The smallest absolute Gasteiger partial charge is 0.251 e. The zero-order valence-electron chi connectivity index (χ0n) is 14.6. The fraction of sp³-hybridized carbons (Fsp3) is 0.526. The summed E-state index contributed by atoms with van der Waals surface area (Å²) >= 11 is 1.66. The first-order chi connectivity index (χ1) is 11.4. The van der Waals surface area contributed by atoms with E-state index in [1.807, 2.05) is 6.07 Å². The minimum absolute atomic E-state index is 0.0368. The summed E-state index contributed by atoms with van der Waals surface area (Å²) in [6, 6.07) is 8.35. The van der Waals surface area contributed by atoms with E-state index in [1.54, 1.807) is 11.8 Å². The molecule has 0 saturated heterocycles. The highest BCUT2D eigenvalue weighted by Crippen LogP contribution is 2.44. The molecule has 0 radical (unpaired) electrons. The zero-order chi connectivity index (χ0) is 17.4. The van der Waals surface area contributed by atoms with Crippen molar-refractivity contribution in [3.63, 3.8) is 0 Å². The van der Waals surface area contributed by atoms with Gasteiger partial charge in [0.2, 0.25) is 0 Å². The molecular formula is C19H26N2O2S. The number of benzene rings is 1. The Morgan fingerprint density at radius 3 is 2.71 bits per heavy atom. The summed E-state index contributed by atoms with van der Waals surface area (Å²) in [4.78, 5) is 13.0. The van der Waals surface area contributed by atoms with Crippen LogP contribution in [0.5, 0.6) is 0 Å². The highest BCUT2D eigenvalue weighted by Gasteiger charge is 2.45. The molecule has 1 aromatic rings. The second kappa shape index (κ2) is 6.45. The van der Waals surface area contributed by atoms with E-state index in [2.05, 4.69) is 49.6 Å². The largest absolute Gasteiger partial charge is 0.396 e. The number of aliphatic hydroxyl groups excluding tert-OH is 1. The SMILES string of the molecule is CCC1(CSCCO)NC(=O)C2=C(N1)c1ccccc1CC2(C)C. The molecule has 0 spiro atoms. The van der Waals surface area contributed by atoms with E-state index in [9.17, 15) is 4.79 Å². The number of aliphatic hydroxyl groups is 1. The lowest BCUT2D eigenvalue weighted by molar-refractivity contribution is -0.121. The normalized spacial score (nSPS) is 24.8. The molecule has 1 heterocycles. The van der Waals surface area contributed by atoms with Crippen LogP contribution in [0.1, 0.15) is 38.3 Å². The molecular weight excluding hydrogens is 320 g/mol. The molecule has 2 aliphatic rings. The third-order valence-electron chi connectivity index (χ3n) is 4.98. The second-order valence-corrected chi connectivity index (χ2v) is 8.36. The topological polar surface area (TPSA) is 61.4 Å². The maximum Gasteiger partial charge on any atom is 0.251 e. The van der Waals surface area contributed by atoms with E-state index in [0.717, 1.165) is 35.4 Å². The fourth-order valence-corrected chi connectivity index (χ4v) is 4.69. The lowest BCUT2D eigenvalue weighted by Crippen LogP contribution is -2.64. The first kappa shape index (κ1) is 17.4. The second-order valence-electron chi connectivity index (χ2n) is 7.26. The molecule has 1 aliphatic carbocycles. The number of carbonyl (C=O) groups excluding carboxylic acids is 1. The van der Waals surface area contributed by atoms with Crippen molar-refractivity contribution in [3.05, 3.63) is 41.0 Å². The Morgan fingerprint density at radius 1 is 1.25 bits per heavy atom. The molecule has 0 bridgehead atoms. The van der Waals surface area contributed by atoms with E-state index >= 15 is 0 Å². The number of fused-ring (bicyclic) bond motifs is 2. The van der Waals surface area contributed by atoms with Gasteiger partial charge in [-0.2, -0.15) is 11.8 Å². The fourth-order valence-electron chi connectivity index (χ4n) is 3.72. The van der Waals surface area contributed by atoms with Gasteiger partial charge in [0.05, 0.1) is 12.3 Å². The van der Waals surface area contributed by atoms with Gasteiger partial charge in [0.25, 0.3) is 5.91 Å². The zero-order valence-corrected chi connectivity index (χ0v) is 15.4. The van der Waals surface area contributed by atoms with Crippen molar-refractivity contribution in [1.29, 1.82) is 0 Å². The Balaban J connectivity index is 2.04. The highest BCUT2D eigenvalue weighted by molar-refractivity contribution is 7.99. The Kier molecular flexibility index (Phi) is 4.67. The van der Waals surface area contributed by atoms with Crippen LogP contribution in [0.25, 0.3) is 5.70 Å². The van der Waals surface area contributed by atoms with E-state index in [0.29, 0.717) is 5.75 Å². The van der Waals surface area contributed by atoms with Crippen LogP contribution in [0.4, 0.5) is 0 Å². The number of rotatable bonds is 5. The summed E-state index contributed by atoms with van der Waals surface area (Å²) in [7, 11) is 0. The third kappa shape index (κ3) is 2.95. The lowest BCUT2D eigenvalue weighted by atomic mass is 9.70. The molecule has 1 amide bonds. The van der Waals surface area contributed by atoms with Gasteiger partial charge in [0.1, 0.15) is 5.66 Å². The quantitative estimate of drug-likeness (QED) is 0.717. The van der Waals surface area contributed by atoms with Crippen LogP contribution in [0, 0.1) is 5.41 Å². The summed E-state index contributed by atoms with van der Waals surface area (Å²) in [5, 5.41) is 15.9. The van der Waals surface area contributed by atoms with E-state index in [4.69, 9.17) is 5.11 Å². The van der Waals surface area contributed by atoms with Gasteiger partial charge in [0.15, 0.2) is 0 Å². The summed E-state index contributed by atoms with van der Waals surface area (Å²) in [6.07, 6.45) is 1.66. The van der Waals surface area contributed by atoms with Crippen LogP contribution >= 0.6 is 11.8 Å². The van der Waals surface area contributed by atoms with Gasteiger partial charge >= 0.3 is 0 Å². The van der Waals surface area contributed by atoms with Gasteiger partial charge < -0.3 is 15.7 Å². The Labute approximate surface area is 148 Å². The highest BCUT2D eigenvalue weighted by atomic mass is 32.2. The predicted octanol–water partition coefficient (Wildman–Crippen LogP) is 2.53. The average molecular weight is 346 g/mol. The van der Waals surface area contributed by atoms with Crippen molar-refractivity contribution in [2.45, 2.75) is 39.3 Å². The van der Waals surface area contributed by atoms with Gasteiger partial charge in [0, 0.05) is 28.1 Å². The van der Waals surface area contributed by atoms with Crippen LogP contribution < -0.4 is 10.6 Å². The van der Waals surface area contributed by atoms with E-state index in [1.165, 1.54) is 5.56 Å². The third-order valence-corrected chi connectivity index (χ3v) is 6.15. The number of hydrogen-bond acceptors (Lipinski definition) is 4. The Morgan fingerprint density at radius 2 is 2.00 bits per heavy atom. The van der Waals surface area contributed by atoms with Gasteiger partial charge in [-0.1, -0.05) is 45.0 Å². The van der Waals surface area contributed by atoms with Crippen molar-refractivity contribution < 1.29 is 9.90 Å². The molecule has 5 heteroatoms. The summed E-state index contributed by atoms with van der Waals surface area (Å²) in [6.45, 7) is 6.51. The number of amides is 1. The van der Waals surface area contributed by atoms with Crippen LogP contribution in [0.3, 0.4) is 0 Å².